The van der Waals surface area contributed by atoms with Gasteiger partial charge in [0, 0.05) is 17.2 Å². The average molecular weight is 334 g/mol. The van der Waals surface area contributed by atoms with Crippen LogP contribution in [0.15, 0.2) is 47.2 Å². The highest BCUT2D eigenvalue weighted by Crippen LogP contribution is 2.15. The molecule has 22 heavy (non-hydrogen) atoms. The van der Waals surface area contributed by atoms with E-state index in [4.69, 9.17) is 0 Å². The van der Waals surface area contributed by atoms with E-state index < -0.39 is 15.9 Å². The maximum Gasteiger partial charge on any atom is 0.271 e. The van der Waals surface area contributed by atoms with E-state index in [1.807, 2.05) is 30.3 Å². The largest absolute Gasteiger partial charge is 0.343 e. The van der Waals surface area contributed by atoms with Crippen LogP contribution in [0.5, 0.6) is 0 Å². The standard InChI is InChI=1S/C15H14N2O3S2/c18-15(16-12-6-7-22(19,20)10-12)13-9-21-14(17-13)8-11-4-2-1-3-5-11/h1-7,9,12H,8,10H2,(H,16,18)/t12-/m0/s1. The molecule has 0 unspecified atom stereocenters. The van der Waals surface area contributed by atoms with E-state index in [0.717, 1.165) is 16.0 Å². The molecule has 2 heterocycles. The van der Waals surface area contributed by atoms with Crippen LogP contribution in [0.4, 0.5) is 0 Å². The van der Waals surface area contributed by atoms with Crippen LogP contribution in [0, 0.1) is 0 Å². The SMILES string of the molecule is O=C(N[C@H]1C=CS(=O)(=O)C1)c1csc(Cc2ccccc2)n1. The first-order chi connectivity index (χ1) is 10.5. The number of carbonyl (C=O) groups is 1. The molecule has 0 radical (unpaired) electrons. The van der Waals surface area contributed by atoms with E-state index in [0.29, 0.717) is 12.1 Å². The van der Waals surface area contributed by atoms with E-state index in [2.05, 4.69) is 10.3 Å². The van der Waals surface area contributed by atoms with Crippen molar-refractivity contribution < 1.29 is 13.2 Å². The third-order valence-corrected chi connectivity index (χ3v) is 5.47. The van der Waals surface area contributed by atoms with Crippen LogP contribution in [0.3, 0.4) is 0 Å². The van der Waals surface area contributed by atoms with Crippen LogP contribution in [0.1, 0.15) is 21.1 Å². The van der Waals surface area contributed by atoms with Crippen molar-refractivity contribution in [3.63, 3.8) is 0 Å². The van der Waals surface area contributed by atoms with Crippen molar-refractivity contribution in [3.8, 4) is 0 Å². The molecule has 114 valence electrons. The summed E-state index contributed by atoms with van der Waals surface area (Å²) in [5.74, 6) is -0.429. The van der Waals surface area contributed by atoms with Gasteiger partial charge in [-0.15, -0.1) is 11.3 Å². The Morgan fingerprint density at radius 1 is 1.32 bits per heavy atom. The maximum absolute atomic E-state index is 12.1. The zero-order valence-electron chi connectivity index (χ0n) is 11.6. The van der Waals surface area contributed by atoms with Crippen molar-refractivity contribution in [3.05, 3.63) is 63.5 Å². The highest BCUT2D eigenvalue weighted by Gasteiger charge is 2.24. The molecule has 1 atom stereocenters. The molecular weight excluding hydrogens is 320 g/mol. The van der Waals surface area contributed by atoms with Gasteiger partial charge < -0.3 is 5.32 Å². The summed E-state index contributed by atoms with van der Waals surface area (Å²) in [6, 6.07) is 9.42. The fourth-order valence-corrected chi connectivity index (χ4v) is 4.22. The minimum Gasteiger partial charge on any atom is -0.343 e. The first-order valence-corrected chi connectivity index (χ1v) is 9.31. The Kier molecular flexibility index (Phi) is 4.08. The van der Waals surface area contributed by atoms with Crippen molar-refractivity contribution in [2.75, 3.05) is 5.75 Å². The summed E-state index contributed by atoms with van der Waals surface area (Å²) in [5, 5.41) is 6.35. The average Bonchev–Trinajstić information content (AvgIpc) is 3.07. The molecule has 1 N–H and O–H groups in total. The summed E-state index contributed by atoms with van der Waals surface area (Å²) in [5.41, 5.74) is 1.46. The number of benzene rings is 1. The number of carbonyl (C=O) groups excluding carboxylic acids is 1. The minimum atomic E-state index is -3.17. The second kappa shape index (κ2) is 6.02. The zero-order valence-corrected chi connectivity index (χ0v) is 13.2. The molecule has 2 aromatic rings. The number of sulfone groups is 1. The predicted octanol–water partition coefficient (Wildman–Crippen LogP) is 1.77. The first kappa shape index (κ1) is 14.9. The lowest BCUT2D eigenvalue weighted by atomic mass is 10.2. The first-order valence-electron chi connectivity index (χ1n) is 6.72. The molecule has 0 spiro atoms. The number of nitrogens with one attached hydrogen (secondary N) is 1. The third-order valence-electron chi connectivity index (χ3n) is 3.23. The molecule has 1 amide bonds. The second-order valence-corrected chi connectivity index (χ2v) is 7.90. The summed E-state index contributed by atoms with van der Waals surface area (Å²) in [6.07, 6.45) is 2.17. The van der Waals surface area contributed by atoms with Crippen molar-refractivity contribution in [2.45, 2.75) is 12.5 Å². The lowest BCUT2D eigenvalue weighted by Gasteiger charge is -2.07. The molecule has 5 nitrogen and oxygen atoms in total. The molecule has 0 fully saturated rings. The Labute approximate surface area is 132 Å². The van der Waals surface area contributed by atoms with Gasteiger partial charge in [0.25, 0.3) is 5.91 Å². The minimum absolute atomic E-state index is 0.0836. The maximum atomic E-state index is 12.1. The van der Waals surface area contributed by atoms with Gasteiger partial charge in [0.15, 0.2) is 9.84 Å². The van der Waals surface area contributed by atoms with Gasteiger partial charge >= 0.3 is 0 Å². The molecule has 1 aliphatic rings. The van der Waals surface area contributed by atoms with Gasteiger partial charge in [0.05, 0.1) is 16.8 Å². The number of thiazole rings is 1. The van der Waals surface area contributed by atoms with Crippen molar-refractivity contribution >= 4 is 27.1 Å². The molecule has 1 aliphatic heterocycles. The summed E-state index contributed by atoms with van der Waals surface area (Å²) in [7, 11) is -3.17. The van der Waals surface area contributed by atoms with Gasteiger partial charge in [0.1, 0.15) is 5.69 Å². The van der Waals surface area contributed by atoms with Crippen LogP contribution >= 0.6 is 11.3 Å². The number of rotatable bonds is 4. The van der Waals surface area contributed by atoms with Crippen LogP contribution in [0.25, 0.3) is 0 Å². The molecule has 0 bridgehead atoms. The Morgan fingerprint density at radius 2 is 2.09 bits per heavy atom. The monoisotopic (exact) mass is 334 g/mol. The van der Waals surface area contributed by atoms with Crippen LogP contribution in [-0.2, 0) is 16.3 Å². The Hall–Kier alpha value is -1.99. The van der Waals surface area contributed by atoms with Crippen LogP contribution < -0.4 is 5.32 Å². The number of hydrogen-bond donors (Lipinski definition) is 1. The highest BCUT2D eigenvalue weighted by molar-refractivity contribution is 7.94. The van der Waals surface area contributed by atoms with Gasteiger partial charge in [-0.05, 0) is 11.6 Å². The lowest BCUT2D eigenvalue weighted by molar-refractivity contribution is 0.0943. The van der Waals surface area contributed by atoms with Crippen LogP contribution in [-0.4, -0.2) is 31.1 Å². The Balaban J connectivity index is 1.64. The summed E-state index contributed by atoms with van der Waals surface area (Å²) in [6.45, 7) is 0. The van der Waals surface area contributed by atoms with Crippen molar-refractivity contribution in [1.82, 2.24) is 10.3 Å². The number of nitrogens with zero attached hydrogens (tertiary/aromatic N) is 1. The van der Waals surface area contributed by atoms with Crippen molar-refractivity contribution in [2.24, 2.45) is 0 Å². The smallest absolute Gasteiger partial charge is 0.271 e. The van der Waals surface area contributed by atoms with E-state index in [9.17, 15) is 13.2 Å². The predicted molar refractivity (Wildman–Crippen MR) is 85.5 cm³/mol. The molecule has 0 aliphatic carbocycles. The molecule has 1 aromatic heterocycles. The molecule has 0 saturated heterocycles. The van der Waals surface area contributed by atoms with E-state index in [-0.39, 0.29) is 11.7 Å². The fraction of sp³-hybridized carbons (Fsp3) is 0.200. The topological polar surface area (TPSA) is 76.1 Å². The second-order valence-electron chi connectivity index (χ2n) is 5.03. The van der Waals surface area contributed by atoms with Gasteiger partial charge in [-0.3, -0.25) is 4.79 Å². The zero-order chi connectivity index (χ0) is 15.6. The van der Waals surface area contributed by atoms with E-state index in [1.54, 1.807) is 5.38 Å². The van der Waals surface area contributed by atoms with E-state index in [1.165, 1.54) is 17.4 Å². The van der Waals surface area contributed by atoms with Gasteiger partial charge in [-0.2, -0.15) is 0 Å². The Bertz CT molecular complexity index is 810. The normalized spacial score (nSPS) is 19.2. The summed E-state index contributed by atoms with van der Waals surface area (Å²) >= 11 is 1.42. The summed E-state index contributed by atoms with van der Waals surface area (Å²) in [4.78, 5) is 16.4. The quantitative estimate of drug-likeness (QED) is 0.924. The highest BCUT2D eigenvalue weighted by atomic mass is 32.2. The fourth-order valence-electron chi connectivity index (χ4n) is 2.17. The third kappa shape index (κ3) is 3.61. The molecule has 0 saturated carbocycles. The summed E-state index contributed by atoms with van der Waals surface area (Å²) < 4.78 is 22.6. The number of aromatic nitrogens is 1. The molecular formula is C15H14N2O3S2. The van der Waals surface area contributed by atoms with Gasteiger partial charge in [0.2, 0.25) is 0 Å². The van der Waals surface area contributed by atoms with Crippen molar-refractivity contribution in [1.29, 1.82) is 0 Å². The molecule has 3 rings (SSSR count). The molecule has 7 heteroatoms. The van der Waals surface area contributed by atoms with Gasteiger partial charge in [-0.1, -0.05) is 30.3 Å². The number of amides is 1. The Morgan fingerprint density at radius 3 is 2.77 bits per heavy atom. The lowest BCUT2D eigenvalue weighted by Crippen LogP contribution is -2.35. The van der Waals surface area contributed by atoms with Gasteiger partial charge in [-0.25, -0.2) is 13.4 Å². The van der Waals surface area contributed by atoms with E-state index >= 15 is 0 Å². The number of hydrogen-bond acceptors (Lipinski definition) is 5. The van der Waals surface area contributed by atoms with Crippen LogP contribution in [0.2, 0.25) is 0 Å². The molecule has 1 aromatic carbocycles.